The van der Waals surface area contributed by atoms with Crippen LogP contribution in [0.2, 0.25) is 0 Å². The lowest BCUT2D eigenvalue weighted by Crippen LogP contribution is -2.57. The molecule has 3 aliphatic rings. The molecule has 3 fully saturated rings. The number of alkyl halides is 1. The zero-order valence-electron chi connectivity index (χ0n) is 24.4. The molecule has 3 amide bonds. The minimum Gasteiger partial charge on any atom is -0.444 e. The molecule has 0 bridgehead atoms. The molecule has 1 saturated carbocycles. The van der Waals surface area contributed by atoms with Crippen LogP contribution >= 0.6 is 0 Å². The summed E-state index contributed by atoms with van der Waals surface area (Å²) in [6.07, 6.45) is 5.00. The van der Waals surface area contributed by atoms with Gasteiger partial charge in [0, 0.05) is 6.54 Å². The van der Waals surface area contributed by atoms with Crippen molar-refractivity contribution < 1.29 is 28.2 Å². The molecule has 2 heterocycles. The molecule has 0 radical (unpaired) electrons. The first-order chi connectivity index (χ1) is 19.1. The maximum absolute atomic E-state index is 14.3. The van der Waals surface area contributed by atoms with Gasteiger partial charge in [-0.1, -0.05) is 56.5 Å². The van der Waals surface area contributed by atoms with Crippen LogP contribution in [0.3, 0.4) is 0 Å². The Morgan fingerprint density at radius 2 is 1.75 bits per heavy atom. The normalized spacial score (nSPS) is 24.9. The van der Waals surface area contributed by atoms with Crippen LogP contribution < -0.4 is 5.32 Å². The Balaban J connectivity index is 1.58. The molecule has 1 aliphatic carbocycles. The number of fused-ring (bicyclic) bond motifs is 1. The molecule has 2 aliphatic heterocycles. The van der Waals surface area contributed by atoms with E-state index in [1.165, 1.54) is 0 Å². The second-order valence-corrected chi connectivity index (χ2v) is 12.5. The second-order valence-electron chi connectivity index (χ2n) is 12.5. The highest BCUT2D eigenvalue weighted by Gasteiger charge is 2.54. The van der Waals surface area contributed by atoms with Gasteiger partial charge in [0.05, 0.1) is 37.3 Å². The summed E-state index contributed by atoms with van der Waals surface area (Å²) in [7, 11) is 0. The largest absolute Gasteiger partial charge is 0.444 e. The topological polar surface area (TPSA) is 88.2 Å². The highest BCUT2D eigenvalue weighted by Crippen LogP contribution is 2.37. The number of benzene rings is 1. The zero-order valence-corrected chi connectivity index (χ0v) is 24.4. The Morgan fingerprint density at radius 1 is 1.05 bits per heavy atom. The Bertz CT molecular complexity index is 1010. The van der Waals surface area contributed by atoms with E-state index in [0.29, 0.717) is 32.5 Å². The number of ether oxygens (including phenoxy) is 2. The third-order valence-electron chi connectivity index (χ3n) is 8.53. The van der Waals surface area contributed by atoms with Crippen molar-refractivity contribution in [3.05, 3.63) is 35.9 Å². The molecule has 9 heteroatoms. The molecular formula is C31H46FN3O5. The van der Waals surface area contributed by atoms with Crippen molar-refractivity contribution in [1.82, 2.24) is 15.1 Å². The number of halogens is 1. The SMILES string of the molecule is CC[C@@H](CF)C(=O)N[C@H](C(=O)N1CC[C@@H]2[C@H]1[C@@H](OCc1ccccc1)CN2C(=O)OC(C)(C)C)C1CCCCC1. The van der Waals surface area contributed by atoms with E-state index in [-0.39, 0.29) is 23.9 Å². The Hall–Kier alpha value is -2.68. The summed E-state index contributed by atoms with van der Waals surface area (Å²) in [6.45, 7) is 7.68. The van der Waals surface area contributed by atoms with Gasteiger partial charge in [0.15, 0.2) is 0 Å². The summed E-state index contributed by atoms with van der Waals surface area (Å²) >= 11 is 0. The van der Waals surface area contributed by atoms with E-state index < -0.39 is 42.3 Å². The quantitative estimate of drug-likeness (QED) is 0.467. The van der Waals surface area contributed by atoms with Gasteiger partial charge in [-0.25, -0.2) is 4.79 Å². The minimum absolute atomic E-state index is 0.00779. The smallest absolute Gasteiger partial charge is 0.410 e. The molecule has 0 spiro atoms. The zero-order chi connectivity index (χ0) is 28.9. The monoisotopic (exact) mass is 559 g/mol. The number of hydrogen-bond donors (Lipinski definition) is 1. The molecule has 4 rings (SSSR count). The summed E-state index contributed by atoms with van der Waals surface area (Å²) in [4.78, 5) is 44.0. The van der Waals surface area contributed by atoms with Crippen LogP contribution in [0.25, 0.3) is 0 Å². The maximum atomic E-state index is 14.3. The van der Waals surface area contributed by atoms with Crippen molar-refractivity contribution >= 4 is 17.9 Å². The minimum atomic E-state index is -0.763. The molecule has 5 atom stereocenters. The number of carbonyl (C=O) groups is 3. The van der Waals surface area contributed by atoms with Crippen molar-refractivity contribution in [1.29, 1.82) is 0 Å². The number of nitrogens with zero attached hydrogens (tertiary/aromatic N) is 2. The number of hydrogen-bond acceptors (Lipinski definition) is 5. The van der Waals surface area contributed by atoms with Gasteiger partial charge in [0.25, 0.3) is 0 Å². The lowest BCUT2D eigenvalue weighted by molar-refractivity contribution is -0.142. The highest BCUT2D eigenvalue weighted by molar-refractivity contribution is 5.89. The Kier molecular flexibility index (Phi) is 10.1. The lowest BCUT2D eigenvalue weighted by Gasteiger charge is -2.36. The van der Waals surface area contributed by atoms with E-state index in [1.54, 1.807) is 11.8 Å². The molecule has 1 aromatic carbocycles. The Labute approximate surface area is 237 Å². The number of rotatable bonds is 9. The fraction of sp³-hybridized carbons (Fsp3) is 0.710. The van der Waals surface area contributed by atoms with E-state index in [9.17, 15) is 18.8 Å². The van der Waals surface area contributed by atoms with Crippen LogP contribution in [-0.2, 0) is 25.7 Å². The number of nitrogens with one attached hydrogen (secondary N) is 1. The van der Waals surface area contributed by atoms with Crippen LogP contribution in [0.5, 0.6) is 0 Å². The highest BCUT2D eigenvalue weighted by atomic mass is 19.1. The average Bonchev–Trinajstić information content (AvgIpc) is 3.52. The summed E-state index contributed by atoms with van der Waals surface area (Å²) < 4.78 is 25.7. The number of carbonyl (C=O) groups excluding carboxylic acids is 3. The van der Waals surface area contributed by atoms with E-state index in [2.05, 4.69) is 5.32 Å². The first-order valence-corrected chi connectivity index (χ1v) is 14.9. The molecule has 1 aromatic rings. The molecule has 8 nitrogen and oxygen atoms in total. The van der Waals surface area contributed by atoms with Gasteiger partial charge in [0.1, 0.15) is 18.3 Å². The summed E-state index contributed by atoms with van der Waals surface area (Å²) in [6, 6.07) is 8.52. The van der Waals surface area contributed by atoms with Crippen LogP contribution in [0.1, 0.15) is 78.2 Å². The second kappa shape index (κ2) is 13.3. The number of likely N-dealkylation sites (tertiary alicyclic amines) is 2. The molecular weight excluding hydrogens is 513 g/mol. The first kappa shape index (κ1) is 30.3. The van der Waals surface area contributed by atoms with Gasteiger partial charge < -0.3 is 24.6 Å². The van der Waals surface area contributed by atoms with E-state index in [0.717, 1.165) is 37.7 Å². The molecule has 40 heavy (non-hydrogen) atoms. The third-order valence-corrected chi connectivity index (χ3v) is 8.53. The molecule has 0 aromatic heterocycles. The van der Waals surface area contributed by atoms with Crippen LogP contribution in [0.15, 0.2) is 30.3 Å². The van der Waals surface area contributed by atoms with Gasteiger partial charge in [-0.2, -0.15) is 0 Å². The fourth-order valence-corrected chi connectivity index (χ4v) is 6.40. The van der Waals surface area contributed by atoms with Gasteiger partial charge in [-0.05, 0) is 57.9 Å². The van der Waals surface area contributed by atoms with Crippen LogP contribution in [-0.4, -0.2) is 77.3 Å². The third kappa shape index (κ3) is 7.14. The molecule has 1 N–H and O–H groups in total. The van der Waals surface area contributed by atoms with E-state index in [1.807, 2.05) is 56.0 Å². The van der Waals surface area contributed by atoms with E-state index in [4.69, 9.17) is 9.47 Å². The van der Waals surface area contributed by atoms with Gasteiger partial charge >= 0.3 is 6.09 Å². The Morgan fingerprint density at radius 3 is 2.38 bits per heavy atom. The van der Waals surface area contributed by atoms with E-state index >= 15 is 0 Å². The van der Waals surface area contributed by atoms with Gasteiger partial charge in [-0.15, -0.1) is 0 Å². The van der Waals surface area contributed by atoms with Crippen LogP contribution in [0.4, 0.5) is 9.18 Å². The summed E-state index contributed by atoms with van der Waals surface area (Å²) in [5.74, 6) is -1.31. The predicted molar refractivity (Wildman–Crippen MR) is 150 cm³/mol. The van der Waals surface area contributed by atoms with Crippen molar-refractivity contribution in [2.75, 3.05) is 19.8 Å². The molecule has 222 valence electrons. The average molecular weight is 560 g/mol. The van der Waals surface area contributed by atoms with Crippen molar-refractivity contribution in [3.63, 3.8) is 0 Å². The summed E-state index contributed by atoms with van der Waals surface area (Å²) in [5.41, 5.74) is 0.363. The maximum Gasteiger partial charge on any atom is 0.410 e. The van der Waals surface area contributed by atoms with Gasteiger partial charge in [0.2, 0.25) is 11.8 Å². The van der Waals surface area contributed by atoms with Crippen LogP contribution in [0, 0.1) is 11.8 Å². The first-order valence-electron chi connectivity index (χ1n) is 14.9. The predicted octanol–water partition coefficient (Wildman–Crippen LogP) is 4.85. The lowest BCUT2D eigenvalue weighted by atomic mass is 9.83. The van der Waals surface area contributed by atoms with Crippen molar-refractivity contribution in [2.45, 2.75) is 109 Å². The fourth-order valence-electron chi connectivity index (χ4n) is 6.40. The van der Waals surface area contributed by atoms with Gasteiger partial charge in [-0.3, -0.25) is 14.0 Å². The summed E-state index contributed by atoms with van der Waals surface area (Å²) in [5, 5.41) is 2.97. The molecule has 2 saturated heterocycles. The number of amides is 3. The standard InChI is InChI=1S/C31H46FN3O5/c1-5-22(18-32)28(36)33-26(23-14-10-7-11-15-23)29(37)34-17-16-24-27(34)25(39-20-21-12-8-6-9-13-21)19-35(24)30(38)40-31(2,3)4/h6,8-9,12-13,22-27H,5,7,10-11,14-20H2,1-4H3,(H,33,36)/t22-,24+,25-,26-,27-/m0/s1. The van der Waals surface area contributed by atoms with Crippen molar-refractivity contribution in [2.24, 2.45) is 11.8 Å². The van der Waals surface area contributed by atoms with Crippen molar-refractivity contribution in [3.8, 4) is 0 Å². The molecule has 0 unspecified atom stereocenters.